The van der Waals surface area contributed by atoms with Crippen LogP contribution in [-0.2, 0) is 5.41 Å². The van der Waals surface area contributed by atoms with E-state index < -0.39 is 0 Å². The molecule has 0 saturated carbocycles. The molecule has 42 heavy (non-hydrogen) atoms. The highest BCUT2D eigenvalue weighted by atomic mass is 16.3. The number of rotatable bonds is 4. The van der Waals surface area contributed by atoms with Crippen molar-refractivity contribution in [1.82, 2.24) is 0 Å². The molecule has 0 aliphatic heterocycles. The largest absolute Gasteiger partial charge is 0.455 e. The molecule has 0 amide bonds. The highest BCUT2D eigenvalue weighted by Gasteiger charge is 2.35. The zero-order valence-electron chi connectivity index (χ0n) is 24.1. The molecule has 202 valence electrons. The van der Waals surface area contributed by atoms with Crippen molar-refractivity contribution in [2.24, 2.45) is 0 Å². The summed E-state index contributed by atoms with van der Waals surface area (Å²) >= 11 is 0. The summed E-state index contributed by atoms with van der Waals surface area (Å²) in [4.78, 5) is 2.37. The summed E-state index contributed by atoms with van der Waals surface area (Å²) in [5.41, 5.74) is 14.1. The van der Waals surface area contributed by atoms with Crippen molar-refractivity contribution in [3.63, 3.8) is 0 Å². The lowest BCUT2D eigenvalue weighted by Crippen LogP contribution is -2.16. The van der Waals surface area contributed by atoms with Crippen molar-refractivity contribution in [3.05, 3.63) is 150 Å². The van der Waals surface area contributed by atoms with Gasteiger partial charge in [0.25, 0.3) is 0 Å². The first-order valence-corrected chi connectivity index (χ1v) is 14.6. The second kappa shape index (κ2) is 9.22. The molecule has 1 aliphatic carbocycles. The Hall–Kier alpha value is -5.08. The maximum atomic E-state index is 6.34. The fourth-order valence-electron chi connectivity index (χ4n) is 6.74. The van der Waals surface area contributed by atoms with Crippen LogP contribution < -0.4 is 4.90 Å². The number of hydrogen-bond acceptors (Lipinski definition) is 2. The van der Waals surface area contributed by atoms with Crippen molar-refractivity contribution in [2.75, 3.05) is 4.90 Å². The zero-order valence-corrected chi connectivity index (χ0v) is 24.1. The van der Waals surface area contributed by atoms with E-state index in [1.165, 1.54) is 27.8 Å². The van der Waals surface area contributed by atoms with Gasteiger partial charge < -0.3 is 9.32 Å². The van der Waals surface area contributed by atoms with E-state index in [9.17, 15) is 0 Å². The summed E-state index contributed by atoms with van der Waals surface area (Å²) in [5, 5.41) is 2.30. The van der Waals surface area contributed by atoms with Gasteiger partial charge in [-0.15, -0.1) is 0 Å². The fourth-order valence-corrected chi connectivity index (χ4v) is 6.74. The Morgan fingerprint density at radius 3 is 1.95 bits per heavy atom. The zero-order chi connectivity index (χ0) is 28.4. The third kappa shape index (κ3) is 3.72. The molecule has 8 rings (SSSR count). The molecule has 0 unspecified atom stereocenters. The summed E-state index contributed by atoms with van der Waals surface area (Å²) < 4.78 is 6.34. The minimum Gasteiger partial charge on any atom is -0.455 e. The SMILES string of the molecule is Cc1ccc(N(c2ccc(-c3cccc4c3oc3ccccc34)cc2)c2ccc3c(c2)C(C)(C)c2ccccc2-3)cc1. The molecule has 0 fully saturated rings. The van der Waals surface area contributed by atoms with Crippen LogP contribution in [0.25, 0.3) is 44.2 Å². The molecule has 2 nitrogen and oxygen atoms in total. The summed E-state index contributed by atoms with van der Waals surface area (Å²) in [6, 6.07) is 48.1. The molecule has 7 aromatic rings. The lowest BCUT2D eigenvalue weighted by atomic mass is 9.82. The molecule has 0 bridgehead atoms. The fraction of sp³-hybridized carbons (Fsp3) is 0.100. The van der Waals surface area contributed by atoms with Gasteiger partial charge in [0.05, 0.1) is 0 Å². The van der Waals surface area contributed by atoms with Crippen molar-refractivity contribution < 1.29 is 4.42 Å². The van der Waals surface area contributed by atoms with Crippen LogP contribution in [0.4, 0.5) is 17.1 Å². The smallest absolute Gasteiger partial charge is 0.143 e. The highest BCUT2D eigenvalue weighted by molar-refractivity contribution is 6.09. The Bertz CT molecular complexity index is 2110. The molecule has 0 atom stereocenters. The Morgan fingerprint density at radius 1 is 0.524 bits per heavy atom. The molecule has 0 spiro atoms. The van der Waals surface area contributed by atoms with E-state index in [2.05, 4.69) is 147 Å². The number of fused-ring (bicyclic) bond motifs is 6. The van der Waals surface area contributed by atoms with Gasteiger partial charge in [0, 0.05) is 38.8 Å². The highest BCUT2D eigenvalue weighted by Crippen LogP contribution is 2.50. The van der Waals surface area contributed by atoms with E-state index in [0.29, 0.717) is 0 Å². The van der Waals surface area contributed by atoms with Gasteiger partial charge in [-0.25, -0.2) is 0 Å². The van der Waals surface area contributed by atoms with Gasteiger partial charge >= 0.3 is 0 Å². The first-order valence-electron chi connectivity index (χ1n) is 14.6. The van der Waals surface area contributed by atoms with Crippen LogP contribution in [0, 0.1) is 6.92 Å². The summed E-state index contributed by atoms with van der Waals surface area (Å²) in [7, 11) is 0. The average Bonchev–Trinajstić information content (AvgIpc) is 3.51. The second-order valence-corrected chi connectivity index (χ2v) is 11.9. The van der Waals surface area contributed by atoms with E-state index >= 15 is 0 Å². The quantitative estimate of drug-likeness (QED) is 0.220. The Labute approximate surface area is 246 Å². The minimum atomic E-state index is -0.0595. The number of nitrogens with zero attached hydrogens (tertiary/aromatic N) is 1. The standard InChI is InChI=1S/C40H31NO/c1-26-15-19-28(20-16-26)41(30-23-24-33-32-9-4-6-13-36(32)40(2,3)37(33)25-30)29-21-17-27(18-22-29)31-11-8-12-35-34-10-5-7-14-38(34)42-39(31)35/h4-25H,1-3H3. The first kappa shape index (κ1) is 24.7. The number of hydrogen-bond donors (Lipinski definition) is 0. The van der Waals surface area contributed by atoms with Crippen LogP contribution in [0.1, 0.15) is 30.5 Å². The Balaban J connectivity index is 1.25. The van der Waals surface area contributed by atoms with Crippen LogP contribution in [0.2, 0.25) is 0 Å². The molecular formula is C40H31NO. The van der Waals surface area contributed by atoms with Crippen LogP contribution in [-0.4, -0.2) is 0 Å². The lowest BCUT2D eigenvalue weighted by Gasteiger charge is -2.28. The predicted octanol–water partition coefficient (Wildman–Crippen LogP) is 11.3. The molecule has 1 aromatic heterocycles. The lowest BCUT2D eigenvalue weighted by molar-refractivity contribution is 0.660. The number of benzene rings is 6. The molecule has 6 aromatic carbocycles. The van der Waals surface area contributed by atoms with E-state index in [1.54, 1.807) is 0 Å². The van der Waals surface area contributed by atoms with E-state index in [0.717, 1.165) is 50.1 Å². The maximum absolute atomic E-state index is 6.34. The molecule has 0 saturated heterocycles. The monoisotopic (exact) mass is 541 g/mol. The van der Waals surface area contributed by atoms with Crippen LogP contribution in [0.5, 0.6) is 0 Å². The van der Waals surface area contributed by atoms with Gasteiger partial charge in [0.15, 0.2) is 0 Å². The summed E-state index contributed by atoms with van der Waals surface area (Å²) in [6.45, 7) is 6.81. The second-order valence-electron chi connectivity index (χ2n) is 11.9. The van der Waals surface area contributed by atoms with Gasteiger partial charge in [-0.1, -0.05) is 110 Å². The van der Waals surface area contributed by atoms with Gasteiger partial charge in [-0.2, -0.15) is 0 Å². The van der Waals surface area contributed by atoms with Gasteiger partial charge in [-0.3, -0.25) is 0 Å². The van der Waals surface area contributed by atoms with Crippen LogP contribution >= 0.6 is 0 Å². The molecule has 0 N–H and O–H groups in total. The third-order valence-electron chi connectivity index (χ3n) is 8.96. The predicted molar refractivity (Wildman–Crippen MR) is 176 cm³/mol. The molecule has 2 heteroatoms. The first-order chi connectivity index (χ1) is 20.5. The molecule has 0 radical (unpaired) electrons. The van der Waals surface area contributed by atoms with Gasteiger partial charge in [-0.05, 0) is 77.2 Å². The molecular weight excluding hydrogens is 510 g/mol. The summed E-state index contributed by atoms with van der Waals surface area (Å²) in [6.07, 6.45) is 0. The Kier molecular flexibility index (Phi) is 5.42. The molecule has 1 heterocycles. The van der Waals surface area contributed by atoms with E-state index in [1.807, 2.05) is 12.1 Å². The summed E-state index contributed by atoms with van der Waals surface area (Å²) in [5.74, 6) is 0. The van der Waals surface area contributed by atoms with E-state index in [-0.39, 0.29) is 5.41 Å². The van der Waals surface area contributed by atoms with Gasteiger partial charge in [0.1, 0.15) is 11.2 Å². The van der Waals surface area contributed by atoms with Crippen molar-refractivity contribution in [3.8, 4) is 22.3 Å². The van der Waals surface area contributed by atoms with Crippen molar-refractivity contribution in [1.29, 1.82) is 0 Å². The normalized spacial score (nSPS) is 13.3. The minimum absolute atomic E-state index is 0.0595. The van der Waals surface area contributed by atoms with Gasteiger partial charge in [0.2, 0.25) is 0 Å². The van der Waals surface area contributed by atoms with E-state index in [4.69, 9.17) is 4.42 Å². The maximum Gasteiger partial charge on any atom is 0.143 e. The molecule has 1 aliphatic rings. The van der Waals surface area contributed by atoms with Crippen molar-refractivity contribution in [2.45, 2.75) is 26.2 Å². The number of furan rings is 1. The van der Waals surface area contributed by atoms with Crippen LogP contribution in [0.3, 0.4) is 0 Å². The number of aryl methyl sites for hydroxylation is 1. The van der Waals surface area contributed by atoms with Crippen molar-refractivity contribution >= 4 is 39.0 Å². The third-order valence-corrected chi connectivity index (χ3v) is 8.96. The topological polar surface area (TPSA) is 16.4 Å². The number of anilines is 3. The average molecular weight is 542 g/mol. The van der Waals surface area contributed by atoms with Crippen LogP contribution in [0.15, 0.2) is 138 Å². The Morgan fingerprint density at radius 2 is 1.14 bits per heavy atom. The number of para-hydroxylation sites is 2.